The first kappa shape index (κ1) is 25.1. The zero-order chi connectivity index (χ0) is 24.8. The zero-order valence-electron chi connectivity index (χ0n) is 18.7. The third-order valence-electron chi connectivity index (χ3n) is 4.83. The van der Waals surface area contributed by atoms with Crippen LogP contribution >= 0.6 is 22.9 Å². The summed E-state index contributed by atoms with van der Waals surface area (Å²) in [4.78, 5) is 40.2. The fourth-order valence-electron chi connectivity index (χ4n) is 2.94. The van der Waals surface area contributed by atoms with Gasteiger partial charge in [0.25, 0.3) is 11.6 Å². The van der Waals surface area contributed by atoms with E-state index in [-0.39, 0.29) is 28.8 Å². The van der Waals surface area contributed by atoms with Gasteiger partial charge in [-0.3, -0.25) is 14.9 Å². The van der Waals surface area contributed by atoms with E-state index in [2.05, 4.69) is 15.6 Å². The Kier molecular flexibility index (Phi) is 8.19. The number of hydrogen-bond acceptors (Lipinski definition) is 8. The number of nitro benzene ring substituents is 1. The first-order valence-corrected chi connectivity index (χ1v) is 11.6. The number of ether oxygens (including phenoxy) is 1. The van der Waals surface area contributed by atoms with Crippen molar-refractivity contribution in [3.05, 3.63) is 79.8 Å². The fourth-order valence-corrected chi connectivity index (χ4v) is 3.86. The lowest BCUT2D eigenvalue weighted by Crippen LogP contribution is -2.45. The Morgan fingerprint density at radius 2 is 1.91 bits per heavy atom. The highest BCUT2D eigenvalue weighted by Crippen LogP contribution is 2.23. The number of carbonyl (C=O) groups excluding carboxylic acids is 2. The summed E-state index contributed by atoms with van der Waals surface area (Å²) >= 11 is 7.41. The molecule has 34 heavy (non-hydrogen) atoms. The van der Waals surface area contributed by atoms with E-state index in [9.17, 15) is 19.7 Å². The van der Waals surface area contributed by atoms with Gasteiger partial charge in [0, 0.05) is 23.2 Å². The number of benzene rings is 2. The van der Waals surface area contributed by atoms with Crippen LogP contribution in [0.15, 0.2) is 47.8 Å². The molecule has 0 saturated carbocycles. The Labute approximate surface area is 205 Å². The molecule has 1 amide bonds. The number of rotatable bonds is 9. The van der Waals surface area contributed by atoms with Gasteiger partial charge in [0.1, 0.15) is 12.6 Å². The molecular weight excluding hydrogens is 480 g/mol. The number of non-ortho nitro benzene ring substituents is 1. The zero-order valence-corrected chi connectivity index (χ0v) is 20.3. The van der Waals surface area contributed by atoms with E-state index in [0.29, 0.717) is 10.8 Å². The van der Waals surface area contributed by atoms with Gasteiger partial charge in [-0.15, -0.1) is 11.3 Å². The van der Waals surface area contributed by atoms with Crippen molar-refractivity contribution in [3.63, 3.8) is 0 Å². The lowest BCUT2D eigenvalue weighted by Gasteiger charge is -2.21. The number of esters is 1. The van der Waals surface area contributed by atoms with Gasteiger partial charge in [-0.1, -0.05) is 43.1 Å². The van der Waals surface area contributed by atoms with Crippen LogP contribution < -0.4 is 10.6 Å². The van der Waals surface area contributed by atoms with Gasteiger partial charge < -0.3 is 15.4 Å². The Bertz CT molecular complexity index is 1200. The van der Waals surface area contributed by atoms with Crippen LogP contribution in [-0.2, 0) is 16.1 Å². The summed E-state index contributed by atoms with van der Waals surface area (Å²) in [5, 5.41) is 19.2. The van der Waals surface area contributed by atoms with Crippen molar-refractivity contribution in [2.24, 2.45) is 5.92 Å². The number of anilines is 2. The highest BCUT2D eigenvalue weighted by molar-refractivity contribution is 7.13. The summed E-state index contributed by atoms with van der Waals surface area (Å²) in [6.07, 6.45) is 0. The summed E-state index contributed by atoms with van der Waals surface area (Å²) in [6.45, 7) is 5.42. The molecule has 3 rings (SSSR count). The number of hydrogen-bond donors (Lipinski definition) is 2. The van der Waals surface area contributed by atoms with E-state index in [0.717, 1.165) is 17.3 Å². The number of halogens is 1. The van der Waals surface area contributed by atoms with Crippen LogP contribution in [0.1, 0.15) is 35.5 Å². The van der Waals surface area contributed by atoms with Gasteiger partial charge >= 0.3 is 5.97 Å². The molecule has 2 aromatic carbocycles. The Hall–Kier alpha value is -3.50. The fraction of sp³-hybridized carbons (Fsp3) is 0.261. The first-order valence-electron chi connectivity index (χ1n) is 10.3. The molecule has 1 heterocycles. The number of aromatic nitrogens is 1. The monoisotopic (exact) mass is 502 g/mol. The molecule has 1 atom stereocenters. The van der Waals surface area contributed by atoms with Crippen LogP contribution in [0, 0.1) is 23.0 Å². The lowest BCUT2D eigenvalue weighted by atomic mass is 10.0. The molecule has 3 aromatic rings. The summed E-state index contributed by atoms with van der Waals surface area (Å²) in [5.74, 6) is -1.66. The Morgan fingerprint density at radius 3 is 2.56 bits per heavy atom. The summed E-state index contributed by atoms with van der Waals surface area (Å²) < 4.78 is 5.38. The van der Waals surface area contributed by atoms with Crippen molar-refractivity contribution in [2.75, 3.05) is 5.32 Å². The second-order valence-electron chi connectivity index (χ2n) is 7.86. The molecule has 0 aliphatic heterocycles. The molecule has 178 valence electrons. The first-order chi connectivity index (χ1) is 16.1. The van der Waals surface area contributed by atoms with Gasteiger partial charge in [-0.2, -0.15) is 0 Å². The second kappa shape index (κ2) is 11.1. The van der Waals surface area contributed by atoms with Crippen LogP contribution in [-0.4, -0.2) is 27.8 Å². The quantitative estimate of drug-likeness (QED) is 0.232. The standard InChI is InChI=1S/C23H23ClN4O5S/c1-13(2)20(27-21(29)18-10-17(28(31)32)8-9-19(18)24)22(30)33-11-16-12-34-23(26-16)25-15-6-4-14(3)5-7-15/h4-10,12-13,20H,11H2,1-3H3,(H,25,26)(H,27,29)/t20-/m1/s1. The minimum Gasteiger partial charge on any atom is -0.458 e. The smallest absolute Gasteiger partial charge is 0.329 e. The van der Waals surface area contributed by atoms with Crippen LogP contribution in [0.5, 0.6) is 0 Å². The van der Waals surface area contributed by atoms with Gasteiger partial charge in [0.15, 0.2) is 5.13 Å². The topological polar surface area (TPSA) is 123 Å². The number of amides is 1. The molecule has 0 radical (unpaired) electrons. The largest absolute Gasteiger partial charge is 0.458 e. The van der Waals surface area contributed by atoms with E-state index < -0.39 is 22.8 Å². The number of nitrogens with zero attached hydrogens (tertiary/aromatic N) is 2. The molecule has 0 aliphatic carbocycles. The second-order valence-corrected chi connectivity index (χ2v) is 9.12. The summed E-state index contributed by atoms with van der Waals surface area (Å²) in [5.41, 5.74) is 2.23. The van der Waals surface area contributed by atoms with Crippen molar-refractivity contribution in [1.29, 1.82) is 0 Å². The highest BCUT2D eigenvalue weighted by atomic mass is 35.5. The number of aryl methyl sites for hydroxylation is 1. The maximum Gasteiger partial charge on any atom is 0.329 e. The van der Waals surface area contributed by atoms with E-state index in [1.165, 1.54) is 23.5 Å². The van der Waals surface area contributed by atoms with Gasteiger partial charge in [-0.05, 0) is 31.0 Å². The number of thiazole rings is 1. The van der Waals surface area contributed by atoms with Crippen molar-refractivity contribution in [3.8, 4) is 0 Å². The van der Waals surface area contributed by atoms with Crippen molar-refractivity contribution < 1.29 is 19.2 Å². The minimum atomic E-state index is -0.980. The lowest BCUT2D eigenvalue weighted by molar-refractivity contribution is -0.384. The van der Waals surface area contributed by atoms with Gasteiger partial charge in [-0.25, -0.2) is 9.78 Å². The number of nitro groups is 1. The number of nitrogens with one attached hydrogen (secondary N) is 2. The molecule has 0 fully saturated rings. The molecule has 2 N–H and O–H groups in total. The normalized spacial score (nSPS) is 11.7. The van der Waals surface area contributed by atoms with Crippen molar-refractivity contribution in [1.82, 2.24) is 10.3 Å². The summed E-state index contributed by atoms with van der Waals surface area (Å²) in [6, 6.07) is 10.4. The molecule has 0 aliphatic rings. The Balaban J connectivity index is 1.62. The van der Waals surface area contributed by atoms with E-state index in [1.54, 1.807) is 19.2 Å². The molecule has 0 bridgehead atoms. The van der Waals surface area contributed by atoms with Crippen LogP contribution in [0.4, 0.5) is 16.5 Å². The number of carbonyl (C=O) groups is 2. The molecular formula is C23H23ClN4O5S. The molecule has 0 saturated heterocycles. The maximum atomic E-state index is 12.7. The highest BCUT2D eigenvalue weighted by Gasteiger charge is 2.28. The van der Waals surface area contributed by atoms with E-state index >= 15 is 0 Å². The average Bonchev–Trinajstić information content (AvgIpc) is 3.24. The van der Waals surface area contributed by atoms with Gasteiger partial charge in [0.05, 0.1) is 21.2 Å². The maximum absolute atomic E-state index is 12.7. The van der Waals surface area contributed by atoms with Gasteiger partial charge in [0.2, 0.25) is 0 Å². The van der Waals surface area contributed by atoms with Crippen molar-refractivity contribution in [2.45, 2.75) is 33.4 Å². The minimum absolute atomic E-state index is 0.0371. The summed E-state index contributed by atoms with van der Waals surface area (Å²) in [7, 11) is 0. The predicted molar refractivity (Wildman–Crippen MR) is 131 cm³/mol. The van der Waals surface area contributed by atoms with Crippen LogP contribution in [0.25, 0.3) is 0 Å². The molecule has 9 nitrogen and oxygen atoms in total. The average molecular weight is 503 g/mol. The van der Waals surface area contributed by atoms with Crippen molar-refractivity contribution >= 4 is 51.3 Å². The molecule has 0 spiro atoms. The SMILES string of the molecule is Cc1ccc(Nc2nc(COC(=O)[C@H](NC(=O)c3cc([N+](=O)[O-])ccc3Cl)C(C)C)cs2)cc1. The third kappa shape index (κ3) is 6.52. The molecule has 1 aromatic heterocycles. The van der Waals surface area contributed by atoms with E-state index in [4.69, 9.17) is 16.3 Å². The Morgan fingerprint density at radius 1 is 1.21 bits per heavy atom. The van der Waals surface area contributed by atoms with Crippen LogP contribution in [0.2, 0.25) is 5.02 Å². The molecule has 11 heteroatoms. The van der Waals surface area contributed by atoms with E-state index in [1.807, 2.05) is 31.2 Å². The van der Waals surface area contributed by atoms with Crippen LogP contribution in [0.3, 0.4) is 0 Å². The molecule has 0 unspecified atom stereocenters. The third-order valence-corrected chi connectivity index (χ3v) is 5.97. The predicted octanol–water partition coefficient (Wildman–Crippen LogP) is 5.25.